The molecule has 1 aromatic carbocycles. The molecule has 1 saturated heterocycles. The molecule has 2 nitrogen and oxygen atoms in total. The van der Waals surface area contributed by atoms with Crippen molar-refractivity contribution in [3.8, 4) is 0 Å². The summed E-state index contributed by atoms with van der Waals surface area (Å²) in [5, 5.41) is 4.56. The number of hydrogen-bond acceptors (Lipinski definition) is 1. The van der Waals surface area contributed by atoms with Crippen LogP contribution in [0.4, 0.5) is 0 Å². The van der Waals surface area contributed by atoms with Gasteiger partial charge >= 0.3 is 0 Å². The molecule has 2 aromatic rings. The Morgan fingerprint density at radius 3 is 2.27 bits per heavy atom. The molecule has 0 aliphatic carbocycles. The second-order valence-electron chi connectivity index (χ2n) is 3.88. The van der Waals surface area contributed by atoms with Crippen molar-refractivity contribution in [3.63, 3.8) is 0 Å². The molecule has 1 aromatic heterocycles. The van der Waals surface area contributed by atoms with Crippen LogP contribution in [0.5, 0.6) is 0 Å². The summed E-state index contributed by atoms with van der Waals surface area (Å²) in [6, 6.07) is 10.3. The zero-order chi connectivity index (χ0) is 10.3. The van der Waals surface area contributed by atoms with E-state index in [-0.39, 0.29) is 0 Å². The Bertz CT molecular complexity index is 346. The molecule has 80 valence electrons. The van der Waals surface area contributed by atoms with Crippen molar-refractivity contribution in [2.75, 3.05) is 13.1 Å². The summed E-state index contributed by atoms with van der Waals surface area (Å²) in [6.45, 7) is 2.50. The van der Waals surface area contributed by atoms with Gasteiger partial charge in [-0.25, -0.2) is 0 Å². The van der Waals surface area contributed by atoms with E-state index in [1.165, 1.54) is 43.3 Å². The lowest BCUT2D eigenvalue weighted by Crippen LogP contribution is -2.21. The van der Waals surface area contributed by atoms with Gasteiger partial charge in [0.2, 0.25) is 0 Å². The number of aromatic nitrogens is 1. The largest absolute Gasteiger partial charge is 0.361 e. The van der Waals surface area contributed by atoms with Gasteiger partial charge < -0.3 is 10.3 Å². The van der Waals surface area contributed by atoms with Gasteiger partial charge in [-0.05, 0) is 43.5 Å². The summed E-state index contributed by atoms with van der Waals surface area (Å²) < 4.78 is 0. The standard InChI is InChI=1S/C8H7N.C5H11N/c1-2-4-8-7(3-1)5-6-9-8;1-2-4-6-5-3-1/h1-6,9H;6H,1-5H2. The molecule has 0 spiro atoms. The van der Waals surface area contributed by atoms with Crippen LogP contribution in [0.2, 0.25) is 0 Å². The van der Waals surface area contributed by atoms with Gasteiger partial charge in [-0.3, -0.25) is 0 Å². The maximum atomic E-state index is 3.28. The third-order valence-corrected chi connectivity index (χ3v) is 2.67. The maximum Gasteiger partial charge on any atom is 0.0453 e. The summed E-state index contributed by atoms with van der Waals surface area (Å²) in [7, 11) is 0. The third kappa shape index (κ3) is 3.10. The predicted molar refractivity (Wildman–Crippen MR) is 65.0 cm³/mol. The lowest BCUT2D eigenvalue weighted by atomic mass is 10.2. The fraction of sp³-hybridized carbons (Fsp3) is 0.385. The lowest BCUT2D eigenvalue weighted by molar-refractivity contribution is 0.520. The van der Waals surface area contributed by atoms with E-state index in [9.17, 15) is 0 Å². The van der Waals surface area contributed by atoms with E-state index in [1.807, 2.05) is 18.3 Å². The average molecular weight is 202 g/mol. The normalized spacial score (nSPS) is 15.7. The van der Waals surface area contributed by atoms with Crippen LogP contribution in [-0.2, 0) is 0 Å². The molecule has 1 fully saturated rings. The van der Waals surface area contributed by atoms with Crippen molar-refractivity contribution in [2.24, 2.45) is 0 Å². The second-order valence-corrected chi connectivity index (χ2v) is 3.88. The van der Waals surface area contributed by atoms with Gasteiger partial charge in [-0.15, -0.1) is 0 Å². The quantitative estimate of drug-likeness (QED) is 0.675. The highest BCUT2D eigenvalue weighted by molar-refractivity contribution is 5.78. The van der Waals surface area contributed by atoms with Crippen molar-refractivity contribution in [1.29, 1.82) is 0 Å². The first-order chi connectivity index (χ1) is 7.47. The number of H-pyrrole nitrogens is 1. The fourth-order valence-corrected chi connectivity index (χ4v) is 1.80. The SMILES string of the molecule is C1CCNCC1.c1ccc2[nH]ccc2c1. The number of rotatable bonds is 0. The van der Waals surface area contributed by atoms with Gasteiger partial charge in [0.25, 0.3) is 0 Å². The molecular weight excluding hydrogens is 184 g/mol. The Hall–Kier alpha value is -1.28. The Morgan fingerprint density at radius 1 is 0.867 bits per heavy atom. The first-order valence-electron chi connectivity index (χ1n) is 5.70. The topological polar surface area (TPSA) is 27.8 Å². The molecule has 0 amide bonds. The van der Waals surface area contributed by atoms with Crippen LogP contribution in [0.15, 0.2) is 36.5 Å². The summed E-state index contributed by atoms with van der Waals surface area (Å²) in [4.78, 5) is 3.12. The van der Waals surface area contributed by atoms with Crippen LogP contribution in [0.3, 0.4) is 0 Å². The minimum absolute atomic E-state index is 1.21. The first-order valence-corrected chi connectivity index (χ1v) is 5.70. The molecule has 1 aliphatic rings. The number of piperidine rings is 1. The molecule has 3 rings (SSSR count). The molecule has 1 aliphatic heterocycles. The van der Waals surface area contributed by atoms with Crippen molar-refractivity contribution >= 4 is 10.9 Å². The van der Waals surface area contributed by atoms with E-state index in [2.05, 4.69) is 28.5 Å². The summed E-state index contributed by atoms with van der Waals surface area (Å²) in [5.74, 6) is 0. The number of hydrogen-bond donors (Lipinski definition) is 2. The second kappa shape index (κ2) is 5.56. The Labute approximate surface area is 90.7 Å². The molecule has 0 radical (unpaired) electrons. The van der Waals surface area contributed by atoms with E-state index in [4.69, 9.17) is 0 Å². The van der Waals surface area contributed by atoms with Crippen molar-refractivity contribution in [3.05, 3.63) is 36.5 Å². The smallest absolute Gasteiger partial charge is 0.0453 e. The minimum atomic E-state index is 1.21. The number of nitrogens with one attached hydrogen (secondary N) is 2. The van der Waals surface area contributed by atoms with Gasteiger partial charge in [0.05, 0.1) is 0 Å². The molecule has 2 N–H and O–H groups in total. The number of benzene rings is 1. The van der Waals surface area contributed by atoms with Gasteiger partial charge in [-0.1, -0.05) is 24.6 Å². The van der Waals surface area contributed by atoms with Crippen LogP contribution in [-0.4, -0.2) is 18.1 Å². The number of fused-ring (bicyclic) bond motifs is 1. The first kappa shape index (κ1) is 10.2. The molecule has 0 bridgehead atoms. The number of aromatic amines is 1. The van der Waals surface area contributed by atoms with E-state index in [1.54, 1.807) is 0 Å². The highest BCUT2D eigenvalue weighted by Gasteiger charge is 1.93. The Balaban J connectivity index is 0.000000124. The minimum Gasteiger partial charge on any atom is -0.361 e. The number of para-hydroxylation sites is 1. The molecule has 15 heavy (non-hydrogen) atoms. The van der Waals surface area contributed by atoms with Crippen LogP contribution in [0, 0.1) is 0 Å². The predicted octanol–water partition coefficient (Wildman–Crippen LogP) is 2.93. The van der Waals surface area contributed by atoms with Gasteiger partial charge in [0.15, 0.2) is 0 Å². The van der Waals surface area contributed by atoms with Gasteiger partial charge in [0.1, 0.15) is 0 Å². The van der Waals surface area contributed by atoms with E-state index in [0.717, 1.165) is 0 Å². The molecule has 2 heterocycles. The Morgan fingerprint density at radius 2 is 1.67 bits per heavy atom. The van der Waals surface area contributed by atoms with Gasteiger partial charge in [-0.2, -0.15) is 0 Å². The van der Waals surface area contributed by atoms with Crippen LogP contribution < -0.4 is 5.32 Å². The summed E-state index contributed by atoms with van der Waals surface area (Å²) in [6.07, 6.45) is 6.16. The van der Waals surface area contributed by atoms with E-state index in [0.29, 0.717) is 0 Å². The van der Waals surface area contributed by atoms with Crippen LogP contribution in [0.25, 0.3) is 10.9 Å². The van der Waals surface area contributed by atoms with Crippen molar-refractivity contribution in [1.82, 2.24) is 10.3 Å². The highest BCUT2D eigenvalue weighted by atomic mass is 14.9. The zero-order valence-electron chi connectivity index (χ0n) is 9.00. The molecule has 0 saturated carbocycles. The highest BCUT2D eigenvalue weighted by Crippen LogP contribution is 2.09. The van der Waals surface area contributed by atoms with Crippen molar-refractivity contribution in [2.45, 2.75) is 19.3 Å². The van der Waals surface area contributed by atoms with Crippen LogP contribution in [0.1, 0.15) is 19.3 Å². The third-order valence-electron chi connectivity index (χ3n) is 2.67. The molecule has 0 unspecified atom stereocenters. The monoisotopic (exact) mass is 202 g/mol. The zero-order valence-corrected chi connectivity index (χ0v) is 9.00. The Kier molecular flexibility index (Phi) is 3.80. The summed E-state index contributed by atoms with van der Waals surface area (Å²) in [5.41, 5.74) is 1.21. The fourth-order valence-electron chi connectivity index (χ4n) is 1.80. The molecule has 2 heteroatoms. The average Bonchev–Trinajstić information content (AvgIpc) is 2.80. The summed E-state index contributed by atoms with van der Waals surface area (Å²) >= 11 is 0. The van der Waals surface area contributed by atoms with E-state index < -0.39 is 0 Å². The lowest BCUT2D eigenvalue weighted by Gasteiger charge is -2.08. The van der Waals surface area contributed by atoms with Gasteiger partial charge in [0, 0.05) is 11.7 Å². The van der Waals surface area contributed by atoms with Crippen molar-refractivity contribution < 1.29 is 0 Å². The molecular formula is C13H18N2. The maximum absolute atomic E-state index is 3.28. The molecule has 0 atom stereocenters. The van der Waals surface area contributed by atoms with Crippen LogP contribution >= 0.6 is 0 Å². The van der Waals surface area contributed by atoms with E-state index >= 15 is 0 Å².